The van der Waals surface area contributed by atoms with Gasteiger partial charge in [-0.25, -0.2) is 4.79 Å². The minimum atomic E-state index is -0.433. The van der Waals surface area contributed by atoms with Crippen LogP contribution in [-0.2, 0) is 4.74 Å². The van der Waals surface area contributed by atoms with E-state index in [1.165, 1.54) is 7.11 Å². The zero-order chi connectivity index (χ0) is 19.8. The molecule has 0 saturated heterocycles. The summed E-state index contributed by atoms with van der Waals surface area (Å²) in [5.41, 5.74) is 3.79. The Morgan fingerprint density at radius 1 is 1.11 bits per heavy atom. The first-order valence-electron chi connectivity index (χ1n) is 8.90. The van der Waals surface area contributed by atoms with Crippen molar-refractivity contribution in [2.24, 2.45) is 0 Å². The Morgan fingerprint density at radius 2 is 1.82 bits per heavy atom. The summed E-state index contributed by atoms with van der Waals surface area (Å²) in [5, 5.41) is 6.84. The molecule has 0 spiro atoms. The molecular weight excluding hydrogens is 358 g/mol. The fraction of sp³-hybridized carbons (Fsp3) is 0.190. The van der Waals surface area contributed by atoms with Gasteiger partial charge in [0, 0.05) is 33.8 Å². The van der Waals surface area contributed by atoms with Crippen molar-refractivity contribution in [2.75, 3.05) is 19.0 Å². The molecule has 3 aromatic rings. The molecule has 4 rings (SSSR count). The monoisotopic (exact) mass is 377 g/mol. The smallest absolute Gasteiger partial charge is 0.337 e. The van der Waals surface area contributed by atoms with Gasteiger partial charge in [0.05, 0.1) is 24.9 Å². The summed E-state index contributed by atoms with van der Waals surface area (Å²) in [4.78, 5) is 39.5. The molecule has 1 aromatic heterocycles. The van der Waals surface area contributed by atoms with Crippen LogP contribution in [0.5, 0.6) is 0 Å². The highest BCUT2D eigenvalue weighted by molar-refractivity contribution is 6.09. The number of hydrogen-bond acceptors (Lipinski definition) is 5. The average molecular weight is 377 g/mol. The third kappa shape index (κ3) is 3.05. The number of H-pyrrole nitrogens is 1. The number of benzene rings is 2. The Labute approximate surface area is 161 Å². The van der Waals surface area contributed by atoms with Crippen molar-refractivity contribution in [2.45, 2.75) is 13.0 Å². The molecule has 28 heavy (non-hydrogen) atoms. The normalized spacial score (nSPS) is 15.9. The fourth-order valence-corrected chi connectivity index (χ4v) is 3.47. The molecule has 0 fully saturated rings. The van der Waals surface area contributed by atoms with E-state index in [-0.39, 0.29) is 17.7 Å². The van der Waals surface area contributed by atoms with Gasteiger partial charge in [-0.3, -0.25) is 9.59 Å². The van der Waals surface area contributed by atoms with Crippen LogP contribution < -0.4 is 10.6 Å². The second-order valence-electron chi connectivity index (χ2n) is 6.72. The summed E-state index contributed by atoms with van der Waals surface area (Å²) < 4.78 is 4.66. The van der Waals surface area contributed by atoms with Gasteiger partial charge in [0.2, 0.25) is 0 Å². The maximum absolute atomic E-state index is 12.7. The zero-order valence-electron chi connectivity index (χ0n) is 15.5. The summed E-state index contributed by atoms with van der Waals surface area (Å²) in [6.07, 6.45) is 0. The highest BCUT2D eigenvalue weighted by Crippen LogP contribution is 2.31. The molecule has 7 nitrogen and oxygen atoms in total. The van der Waals surface area contributed by atoms with Gasteiger partial charge >= 0.3 is 5.97 Å². The van der Waals surface area contributed by atoms with E-state index in [2.05, 4.69) is 20.4 Å². The lowest BCUT2D eigenvalue weighted by Gasteiger charge is -2.19. The largest absolute Gasteiger partial charge is 0.465 e. The molecule has 1 atom stereocenters. The Balaban J connectivity index is 1.62. The van der Waals surface area contributed by atoms with Crippen molar-refractivity contribution < 1.29 is 19.1 Å². The lowest BCUT2D eigenvalue weighted by atomic mass is 9.97. The molecular formula is C21H19N3O4. The van der Waals surface area contributed by atoms with E-state index in [0.717, 1.165) is 16.5 Å². The number of carbonyl (C=O) groups is 3. The molecule has 0 saturated carbocycles. The lowest BCUT2D eigenvalue weighted by molar-refractivity contribution is 0.0600. The molecule has 1 amide bonds. The van der Waals surface area contributed by atoms with Crippen LogP contribution in [0.1, 0.15) is 49.7 Å². The molecule has 2 heterocycles. The van der Waals surface area contributed by atoms with Crippen LogP contribution in [0.15, 0.2) is 42.5 Å². The number of ketones is 1. The summed E-state index contributed by atoms with van der Waals surface area (Å²) in [6, 6.07) is 11.8. The van der Waals surface area contributed by atoms with Crippen LogP contribution in [-0.4, -0.2) is 36.3 Å². The van der Waals surface area contributed by atoms with Gasteiger partial charge in [0.25, 0.3) is 5.91 Å². The van der Waals surface area contributed by atoms with Crippen molar-refractivity contribution >= 4 is 34.3 Å². The van der Waals surface area contributed by atoms with Crippen molar-refractivity contribution in [3.8, 4) is 0 Å². The molecule has 7 heteroatoms. The van der Waals surface area contributed by atoms with Crippen LogP contribution in [0.3, 0.4) is 0 Å². The molecule has 1 aliphatic rings. The van der Waals surface area contributed by atoms with E-state index < -0.39 is 5.97 Å². The first-order chi connectivity index (χ1) is 13.5. The zero-order valence-corrected chi connectivity index (χ0v) is 15.5. The number of aromatic amines is 1. The van der Waals surface area contributed by atoms with Crippen molar-refractivity contribution in [3.63, 3.8) is 0 Å². The molecule has 0 bridgehead atoms. The topological polar surface area (TPSA) is 100 Å². The van der Waals surface area contributed by atoms with E-state index in [1.807, 2.05) is 13.0 Å². The molecule has 0 aliphatic carbocycles. The number of rotatable bonds is 3. The van der Waals surface area contributed by atoms with Gasteiger partial charge in [-0.1, -0.05) is 0 Å². The Bertz CT molecular complexity index is 1100. The maximum atomic E-state index is 12.7. The number of hydrogen-bond donors (Lipinski definition) is 3. The third-order valence-electron chi connectivity index (χ3n) is 4.95. The van der Waals surface area contributed by atoms with Gasteiger partial charge in [0.15, 0.2) is 5.78 Å². The van der Waals surface area contributed by atoms with E-state index in [1.54, 1.807) is 36.4 Å². The van der Waals surface area contributed by atoms with Gasteiger partial charge in [0.1, 0.15) is 0 Å². The Morgan fingerprint density at radius 3 is 2.54 bits per heavy atom. The minimum Gasteiger partial charge on any atom is -0.465 e. The fourth-order valence-electron chi connectivity index (χ4n) is 3.47. The van der Waals surface area contributed by atoms with Gasteiger partial charge < -0.3 is 20.4 Å². The van der Waals surface area contributed by atoms with Crippen molar-refractivity contribution in [1.82, 2.24) is 10.3 Å². The average Bonchev–Trinajstić information content (AvgIpc) is 3.11. The number of ether oxygens (including phenoxy) is 1. The van der Waals surface area contributed by atoms with E-state index >= 15 is 0 Å². The van der Waals surface area contributed by atoms with Crippen molar-refractivity contribution in [1.29, 1.82) is 0 Å². The Kier molecular flexibility index (Phi) is 4.44. The quantitative estimate of drug-likeness (QED) is 0.609. The first-order valence-corrected chi connectivity index (χ1v) is 8.90. The summed E-state index contributed by atoms with van der Waals surface area (Å²) >= 11 is 0. The molecule has 2 aromatic carbocycles. The SMILES string of the molecule is COC(=O)c1ccc(NC(=O)c2ccc3[nH]c4c(c3c2)C(C)NCC4=O)cc1. The number of anilines is 1. The first kappa shape index (κ1) is 17.9. The number of fused-ring (bicyclic) bond motifs is 3. The number of methoxy groups -OCH3 is 1. The van der Waals surface area contributed by atoms with Crippen LogP contribution >= 0.6 is 0 Å². The third-order valence-corrected chi connectivity index (χ3v) is 4.95. The van der Waals surface area contributed by atoms with Crippen LogP contribution in [0.4, 0.5) is 5.69 Å². The number of nitrogens with one attached hydrogen (secondary N) is 3. The highest BCUT2D eigenvalue weighted by Gasteiger charge is 2.27. The summed E-state index contributed by atoms with van der Waals surface area (Å²) in [5.74, 6) is -0.691. The van der Waals surface area contributed by atoms with Crippen LogP contribution in [0.2, 0.25) is 0 Å². The molecule has 142 valence electrons. The molecule has 3 N–H and O–H groups in total. The molecule has 1 unspecified atom stereocenters. The molecule has 0 radical (unpaired) electrons. The number of amides is 1. The predicted octanol–water partition coefficient (Wildman–Crippen LogP) is 3.05. The number of Topliss-reactive ketones (excluding diaryl/α,β-unsaturated/α-hetero) is 1. The lowest BCUT2D eigenvalue weighted by Crippen LogP contribution is -2.32. The van der Waals surface area contributed by atoms with Gasteiger partial charge in [-0.15, -0.1) is 0 Å². The molecule has 1 aliphatic heterocycles. The number of aromatic nitrogens is 1. The standard InChI is InChI=1S/C21H19N3O4/c1-11-18-15-9-13(5-8-16(15)24-19(18)17(25)10-22-11)20(26)23-14-6-3-12(4-7-14)21(27)28-2/h3-9,11,22,24H,10H2,1-2H3,(H,23,26). The second-order valence-corrected chi connectivity index (χ2v) is 6.72. The summed E-state index contributed by atoms with van der Waals surface area (Å²) in [7, 11) is 1.32. The van der Waals surface area contributed by atoms with E-state index in [9.17, 15) is 14.4 Å². The predicted molar refractivity (Wildman–Crippen MR) is 105 cm³/mol. The van der Waals surface area contributed by atoms with Crippen LogP contribution in [0.25, 0.3) is 10.9 Å². The Hall–Kier alpha value is -3.45. The van der Waals surface area contributed by atoms with Crippen LogP contribution in [0, 0.1) is 0 Å². The summed E-state index contributed by atoms with van der Waals surface area (Å²) in [6.45, 7) is 2.30. The van der Waals surface area contributed by atoms with Gasteiger partial charge in [-0.05, 0) is 49.4 Å². The van der Waals surface area contributed by atoms with E-state index in [0.29, 0.717) is 29.1 Å². The second kappa shape index (κ2) is 6.94. The van der Waals surface area contributed by atoms with Crippen molar-refractivity contribution in [3.05, 3.63) is 64.8 Å². The number of esters is 1. The van der Waals surface area contributed by atoms with E-state index in [4.69, 9.17) is 0 Å². The van der Waals surface area contributed by atoms with Gasteiger partial charge in [-0.2, -0.15) is 0 Å². The number of carbonyl (C=O) groups excluding carboxylic acids is 3. The minimum absolute atomic E-state index is 0.0148. The highest BCUT2D eigenvalue weighted by atomic mass is 16.5. The maximum Gasteiger partial charge on any atom is 0.337 e.